The average Bonchev–Trinajstić information content (AvgIpc) is 2.92. The summed E-state index contributed by atoms with van der Waals surface area (Å²) in [5, 5.41) is 9.67. The van der Waals surface area contributed by atoms with Crippen LogP contribution in [0.2, 0.25) is 10.0 Å². The van der Waals surface area contributed by atoms with E-state index in [1.807, 2.05) is 0 Å². The average molecular weight is 362 g/mol. The zero-order chi connectivity index (χ0) is 17.3. The topological polar surface area (TPSA) is 76.0 Å². The number of benzene rings is 2. The Labute approximate surface area is 146 Å². The fourth-order valence-electron chi connectivity index (χ4n) is 2.05. The SMILES string of the molecule is O=C1OC(c2ccc(C(=O)O)cc2)=NC1=Cc1ccc(Cl)c(Cl)c1. The van der Waals surface area contributed by atoms with Crippen LogP contribution in [0.3, 0.4) is 0 Å². The van der Waals surface area contributed by atoms with Gasteiger partial charge in [-0.2, -0.15) is 0 Å². The summed E-state index contributed by atoms with van der Waals surface area (Å²) < 4.78 is 5.12. The number of carboxylic acids is 1. The summed E-state index contributed by atoms with van der Waals surface area (Å²) >= 11 is 11.8. The highest BCUT2D eigenvalue weighted by molar-refractivity contribution is 6.42. The van der Waals surface area contributed by atoms with E-state index in [0.29, 0.717) is 21.2 Å². The van der Waals surface area contributed by atoms with Crippen molar-refractivity contribution in [3.63, 3.8) is 0 Å². The van der Waals surface area contributed by atoms with E-state index in [1.54, 1.807) is 18.2 Å². The molecule has 0 amide bonds. The first-order valence-corrected chi connectivity index (χ1v) is 7.51. The number of aromatic carboxylic acids is 1. The minimum atomic E-state index is -1.04. The molecule has 1 heterocycles. The second-order valence-electron chi connectivity index (χ2n) is 4.89. The zero-order valence-electron chi connectivity index (χ0n) is 12.0. The molecule has 0 aliphatic carbocycles. The van der Waals surface area contributed by atoms with Crippen molar-refractivity contribution in [2.75, 3.05) is 0 Å². The van der Waals surface area contributed by atoms with E-state index in [0.717, 1.165) is 0 Å². The van der Waals surface area contributed by atoms with Crippen LogP contribution in [0.15, 0.2) is 53.2 Å². The van der Waals surface area contributed by atoms with E-state index in [2.05, 4.69) is 4.99 Å². The number of aliphatic imine (C=N–C) groups is 1. The van der Waals surface area contributed by atoms with Crippen molar-refractivity contribution in [2.45, 2.75) is 0 Å². The predicted molar refractivity (Wildman–Crippen MR) is 90.5 cm³/mol. The van der Waals surface area contributed by atoms with Gasteiger partial charge >= 0.3 is 11.9 Å². The fourth-order valence-corrected chi connectivity index (χ4v) is 2.35. The molecular weight excluding hydrogens is 353 g/mol. The quantitative estimate of drug-likeness (QED) is 0.661. The number of hydrogen-bond donors (Lipinski definition) is 1. The first-order valence-electron chi connectivity index (χ1n) is 6.75. The summed E-state index contributed by atoms with van der Waals surface area (Å²) in [7, 11) is 0. The number of carbonyl (C=O) groups excluding carboxylic acids is 1. The van der Waals surface area contributed by atoms with Crippen LogP contribution < -0.4 is 0 Å². The molecule has 2 aromatic rings. The summed E-state index contributed by atoms with van der Waals surface area (Å²) in [6.45, 7) is 0. The van der Waals surface area contributed by atoms with Gasteiger partial charge in [0.25, 0.3) is 0 Å². The minimum Gasteiger partial charge on any atom is -0.478 e. The lowest BCUT2D eigenvalue weighted by atomic mass is 10.1. The number of nitrogens with zero attached hydrogens (tertiary/aromatic N) is 1. The third-order valence-electron chi connectivity index (χ3n) is 3.25. The van der Waals surface area contributed by atoms with Gasteiger partial charge in [-0.05, 0) is 48.0 Å². The molecule has 3 rings (SSSR count). The number of carbonyl (C=O) groups is 2. The van der Waals surface area contributed by atoms with E-state index in [4.69, 9.17) is 33.0 Å². The van der Waals surface area contributed by atoms with Crippen molar-refractivity contribution in [1.82, 2.24) is 0 Å². The second-order valence-corrected chi connectivity index (χ2v) is 5.71. The third-order valence-corrected chi connectivity index (χ3v) is 3.99. The van der Waals surface area contributed by atoms with Gasteiger partial charge in [-0.3, -0.25) is 0 Å². The highest BCUT2D eigenvalue weighted by Crippen LogP contribution is 2.25. The number of carboxylic acid groups (broad SMARTS) is 1. The molecule has 7 heteroatoms. The summed E-state index contributed by atoms with van der Waals surface area (Å²) in [4.78, 5) is 26.9. The normalized spacial score (nSPS) is 15.3. The highest BCUT2D eigenvalue weighted by Gasteiger charge is 2.24. The number of cyclic esters (lactones) is 1. The van der Waals surface area contributed by atoms with E-state index in [1.165, 1.54) is 30.3 Å². The number of halogens is 2. The number of rotatable bonds is 3. The lowest BCUT2D eigenvalue weighted by molar-refractivity contribution is -0.129. The molecule has 0 aromatic heterocycles. The first kappa shape index (κ1) is 16.2. The molecule has 2 aromatic carbocycles. The molecule has 0 radical (unpaired) electrons. The molecule has 5 nitrogen and oxygen atoms in total. The van der Waals surface area contributed by atoms with Crippen LogP contribution in [-0.2, 0) is 9.53 Å². The summed E-state index contributed by atoms with van der Waals surface area (Å²) in [5.41, 5.74) is 1.41. The molecule has 1 N–H and O–H groups in total. The van der Waals surface area contributed by atoms with Gasteiger partial charge in [-0.15, -0.1) is 0 Å². The first-order chi connectivity index (χ1) is 11.4. The monoisotopic (exact) mass is 361 g/mol. The number of esters is 1. The lowest BCUT2D eigenvalue weighted by Crippen LogP contribution is -2.06. The van der Waals surface area contributed by atoms with Gasteiger partial charge in [0.1, 0.15) is 0 Å². The summed E-state index contributed by atoms with van der Waals surface area (Å²) in [6.07, 6.45) is 1.53. The van der Waals surface area contributed by atoms with Crippen LogP contribution >= 0.6 is 23.2 Å². The van der Waals surface area contributed by atoms with Gasteiger partial charge < -0.3 is 9.84 Å². The molecule has 0 spiro atoms. The van der Waals surface area contributed by atoms with Crippen LogP contribution in [0.25, 0.3) is 6.08 Å². The predicted octanol–water partition coefficient (Wildman–Crippen LogP) is 4.04. The molecule has 0 atom stereocenters. The van der Waals surface area contributed by atoms with Crippen molar-refractivity contribution in [1.29, 1.82) is 0 Å². The van der Waals surface area contributed by atoms with Crippen LogP contribution in [0.4, 0.5) is 0 Å². The van der Waals surface area contributed by atoms with E-state index < -0.39 is 11.9 Å². The molecule has 0 saturated heterocycles. The molecule has 0 saturated carbocycles. The molecule has 0 fully saturated rings. The Kier molecular flexibility index (Phi) is 4.38. The maximum atomic E-state index is 11.9. The fraction of sp³-hybridized carbons (Fsp3) is 0. The molecule has 1 aliphatic heterocycles. The molecule has 0 bridgehead atoms. The molecule has 24 heavy (non-hydrogen) atoms. The van der Waals surface area contributed by atoms with E-state index in [9.17, 15) is 9.59 Å². The van der Waals surface area contributed by atoms with Crippen molar-refractivity contribution in [3.05, 3.63) is 74.9 Å². The van der Waals surface area contributed by atoms with Crippen LogP contribution in [-0.4, -0.2) is 22.9 Å². The molecule has 1 aliphatic rings. The van der Waals surface area contributed by atoms with Crippen LogP contribution in [0, 0.1) is 0 Å². The van der Waals surface area contributed by atoms with Crippen molar-refractivity contribution < 1.29 is 19.4 Å². The Balaban J connectivity index is 1.90. The van der Waals surface area contributed by atoms with Gasteiger partial charge in [0.2, 0.25) is 5.90 Å². The summed E-state index contributed by atoms with van der Waals surface area (Å²) in [6, 6.07) is 10.8. The molecule has 120 valence electrons. The van der Waals surface area contributed by atoms with Crippen LogP contribution in [0.5, 0.6) is 0 Å². The minimum absolute atomic E-state index is 0.114. The van der Waals surface area contributed by atoms with Gasteiger partial charge in [-0.1, -0.05) is 29.3 Å². The van der Waals surface area contributed by atoms with Gasteiger partial charge in [0.15, 0.2) is 5.70 Å². The zero-order valence-corrected chi connectivity index (χ0v) is 13.5. The molecule has 0 unspecified atom stereocenters. The number of hydrogen-bond acceptors (Lipinski definition) is 4. The highest BCUT2D eigenvalue weighted by atomic mass is 35.5. The Bertz CT molecular complexity index is 901. The lowest BCUT2D eigenvalue weighted by Gasteiger charge is -1.99. The van der Waals surface area contributed by atoms with Gasteiger partial charge in [-0.25, -0.2) is 14.6 Å². The largest absolute Gasteiger partial charge is 0.478 e. The summed E-state index contributed by atoms with van der Waals surface area (Å²) in [5.74, 6) is -1.52. The second kappa shape index (κ2) is 6.47. The van der Waals surface area contributed by atoms with E-state index in [-0.39, 0.29) is 17.2 Å². The van der Waals surface area contributed by atoms with Crippen molar-refractivity contribution in [2.24, 2.45) is 4.99 Å². The number of ether oxygens (including phenoxy) is 1. The Morgan fingerprint density at radius 2 is 1.79 bits per heavy atom. The Morgan fingerprint density at radius 3 is 2.42 bits per heavy atom. The Morgan fingerprint density at radius 1 is 1.08 bits per heavy atom. The van der Waals surface area contributed by atoms with Crippen LogP contribution in [0.1, 0.15) is 21.5 Å². The maximum Gasteiger partial charge on any atom is 0.363 e. The van der Waals surface area contributed by atoms with Crippen molar-refractivity contribution >= 4 is 47.1 Å². The van der Waals surface area contributed by atoms with Gasteiger partial charge in [0.05, 0.1) is 15.6 Å². The van der Waals surface area contributed by atoms with E-state index >= 15 is 0 Å². The molecular formula is C17H9Cl2NO4. The Hall–Kier alpha value is -2.63. The maximum absolute atomic E-state index is 11.9. The van der Waals surface area contributed by atoms with Crippen molar-refractivity contribution in [3.8, 4) is 0 Å². The third kappa shape index (κ3) is 3.32. The van der Waals surface area contributed by atoms with Gasteiger partial charge in [0, 0.05) is 5.56 Å². The smallest absolute Gasteiger partial charge is 0.363 e. The standard InChI is InChI=1S/C17H9Cl2NO4/c18-12-6-1-9(7-13(12)19)8-14-17(23)24-15(20-14)10-2-4-11(5-3-10)16(21)22/h1-8H,(H,21,22).